The van der Waals surface area contributed by atoms with Crippen LogP contribution in [0.25, 0.3) is 11.1 Å². The number of aliphatic imine (C=N–C) groups is 1. The molecule has 0 saturated heterocycles. The Morgan fingerprint density at radius 2 is 2.00 bits per heavy atom. The molecule has 110 valence electrons. The van der Waals surface area contributed by atoms with Crippen LogP contribution in [-0.2, 0) is 19.3 Å². The van der Waals surface area contributed by atoms with E-state index >= 15 is 0 Å². The lowest BCUT2D eigenvalue weighted by Crippen LogP contribution is -2.07. The van der Waals surface area contributed by atoms with Crippen LogP contribution in [0.4, 0.5) is 13.2 Å². The Labute approximate surface area is 120 Å². The van der Waals surface area contributed by atoms with E-state index in [1.165, 1.54) is 12.1 Å². The first-order valence-electron chi connectivity index (χ1n) is 6.68. The maximum absolute atomic E-state index is 13.1. The summed E-state index contributed by atoms with van der Waals surface area (Å²) in [5, 5.41) is 4.22. The van der Waals surface area contributed by atoms with E-state index in [2.05, 4.69) is 10.1 Å². The highest BCUT2D eigenvalue weighted by Crippen LogP contribution is 2.37. The Balaban J connectivity index is 2.23. The van der Waals surface area contributed by atoms with Gasteiger partial charge in [0.15, 0.2) is 0 Å². The summed E-state index contributed by atoms with van der Waals surface area (Å²) < 4.78 is 41.0. The van der Waals surface area contributed by atoms with Crippen molar-refractivity contribution >= 4 is 6.21 Å². The highest BCUT2D eigenvalue weighted by molar-refractivity contribution is 5.94. The van der Waals surface area contributed by atoms with Crippen LogP contribution in [0.15, 0.2) is 23.3 Å². The Morgan fingerprint density at radius 1 is 1.24 bits per heavy atom. The lowest BCUT2D eigenvalue weighted by molar-refractivity contribution is -0.137. The quantitative estimate of drug-likeness (QED) is 0.827. The van der Waals surface area contributed by atoms with E-state index in [1.807, 2.05) is 13.8 Å². The number of hydrogen-bond acceptors (Lipinski definition) is 2. The molecule has 2 heterocycles. The maximum atomic E-state index is 13.1. The minimum atomic E-state index is -4.36. The molecule has 0 aliphatic carbocycles. The first-order valence-corrected chi connectivity index (χ1v) is 6.68. The van der Waals surface area contributed by atoms with Crippen LogP contribution in [0.3, 0.4) is 0 Å². The molecule has 3 nitrogen and oxygen atoms in total. The molecule has 0 fully saturated rings. The molecule has 0 amide bonds. The number of aromatic nitrogens is 2. The van der Waals surface area contributed by atoms with Gasteiger partial charge in [0.25, 0.3) is 0 Å². The van der Waals surface area contributed by atoms with Crippen molar-refractivity contribution in [3.05, 3.63) is 40.7 Å². The average molecular weight is 293 g/mol. The zero-order valence-corrected chi connectivity index (χ0v) is 11.7. The van der Waals surface area contributed by atoms with E-state index < -0.39 is 11.7 Å². The van der Waals surface area contributed by atoms with E-state index in [4.69, 9.17) is 0 Å². The van der Waals surface area contributed by atoms with Gasteiger partial charge in [-0.1, -0.05) is 0 Å². The van der Waals surface area contributed by atoms with Crippen LogP contribution in [0.1, 0.15) is 29.3 Å². The third-order valence-electron chi connectivity index (χ3n) is 3.77. The first kappa shape index (κ1) is 13.9. The molecule has 1 aromatic carbocycles. The molecule has 1 aliphatic heterocycles. The first-order chi connectivity index (χ1) is 9.91. The lowest BCUT2D eigenvalue weighted by atomic mass is 9.94. The minimum Gasteiger partial charge on any atom is -0.288 e. The fourth-order valence-electron chi connectivity index (χ4n) is 2.65. The molecule has 1 aromatic heterocycles. The molecule has 0 saturated carbocycles. The molecule has 0 atom stereocenters. The predicted molar refractivity (Wildman–Crippen MR) is 74.4 cm³/mol. The summed E-state index contributed by atoms with van der Waals surface area (Å²) in [5.74, 6) is 0. The van der Waals surface area contributed by atoms with E-state index in [-0.39, 0.29) is 0 Å². The third-order valence-corrected chi connectivity index (χ3v) is 3.77. The predicted octanol–water partition coefficient (Wildman–Crippen LogP) is 3.83. The summed E-state index contributed by atoms with van der Waals surface area (Å²) in [6.45, 7) is 4.79. The van der Waals surface area contributed by atoms with E-state index in [9.17, 15) is 13.2 Å². The zero-order chi connectivity index (χ0) is 15.2. The Kier molecular flexibility index (Phi) is 3.11. The molecule has 0 spiro atoms. The van der Waals surface area contributed by atoms with E-state index in [1.54, 1.807) is 17.1 Å². The number of rotatable bonds is 2. The summed E-state index contributed by atoms with van der Waals surface area (Å²) in [6.07, 6.45) is -1.09. The summed E-state index contributed by atoms with van der Waals surface area (Å²) in [4.78, 5) is 4.10. The van der Waals surface area contributed by atoms with Crippen LogP contribution in [0.2, 0.25) is 0 Å². The van der Waals surface area contributed by atoms with Gasteiger partial charge in [0.05, 0.1) is 18.3 Å². The van der Waals surface area contributed by atoms with Crippen molar-refractivity contribution < 1.29 is 13.2 Å². The molecule has 0 radical (unpaired) electrons. The van der Waals surface area contributed by atoms with Gasteiger partial charge in [0, 0.05) is 29.6 Å². The van der Waals surface area contributed by atoms with Gasteiger partial charge in [-0.3, -0.25) is 9.67 Å². The summed E-state index contributed by atoms with van der Waals surface area (Å²) in [7, 11) is 0. The SMILES string of the molecule is CCn1ncc(-c2cc(C(F)(F)F)cc3c2C=NC3)c1C. The second-order valence-electron chi connectivity index (χ2n) is 5.02. The van der Waals surface area contributed by atoms with Crippen LogP contribution < -0.4 is 0 Å². The van der Waals surface area contributed by atoms with Crippen molar-refractivity contribution in [1.29, 1.82) is 0 Å². The van der Waals surface area contributed by atoms with Crippen molar-refractivity contribution in [2.75, 3.05) is 0 Å². The number of aryl methyl sites for hydroxylation is 1. The van der Waals surface area contributed by atoms with Crippen molar-refractivity contribution in [2.45, 2.75) is 33.1 Å². The van der Waals surface area contributed by atoms with Gasteiger partial charge >= 0.3 is 6.18 Å². The van der Waals surface area contributed by atoms with Crippen LogP contribution in [-0.4, -0.2) is 16.0 Å². The van der Waals surface area contributed by atoms with Gasteiger partial charge in [0.2, 0.25) is 0 Å². The minimum absolute atomic E-state index is 0.299. The molecular weight excluding hydrogens is 279 g/mol. The molecular formula is C15H14F3N3. The molecule has 1 aliphatic rings. The Morgan fingerprint density at radius 3 is 2.62 bits per heavy atom. The second kappa shape index (κ2) is 4.72. The summed E-state index contributed by atoms with van der Waals surface area (Å²) in [5.41, 5.74) is 2.89. The van der Waals surface area contributed by atoms with Crippen molar-refractivity contribution in [1.82, 2.24) is 9.78 Å². The van der Waals surface area contributed by atoms with E-state index in [0.717, 1.165) is 16.8 Å². The normalized spacial score (nSPS) is 13.8. The Bertz CT molecular complexity index is 726. The van der Waals surface area contributed by atoms with Crippen molar-refractivity contribution in [3.63, 3.8) is 0 Å². The number of nitrogens with zero attached hydrogens (tertiary/aromatic N) is 3. The van der Waals surface area contributed by atoms with Crippen LogP contribution >= 0.6 is 0 Å². The molecule has 2 aromatic rings. The topological polar surface area (TPSA) is 30.2 Å². The number of hydrogen-bond donors (Lipinski definition) is 0. The lowest BCUT2D eigenvalue weighted by Gasteiger charge is -2.13. The zero-order valence-electron chi connectivity index (χ0n) is 11.7. The molecule has 0 unspecified atom stereocenters. The number of alkyl halides is 3. The fraction of sp³-hybridized carbons (Fsp3) is 0.333. The third kappa shape index (κ3) is 2.24. The number of halogens is 3. The van der Waals surface area contributed by atoms with Gasteiger partial charge in [0.1, 0.15) is 0 Å². The highest BCUT2D eigenvalue weighted by atomic mass is 19.4. The highest BCUT2D eigenvalue weighted by Gasteiger charge is 2.33. The average Bonchev–Trinajstić information content (AvgIpc) is 3.02. The van der Waals surface area contributed by atoms with Gasteiger partial charge in [-0.2, -0.15) is 18.3 Å². The van der Waals surface area contributed by atoms with Crippen LogP contribution in [0.5, 0.6) is 0 Å². The van der Waals surface area contributed by atoms with Gasteiger partial charge < -0.3 is 0 Å². The standard InChI is InChI=1S/C15H14F3N3/c1-3-21-9(2)13(8-20-21)12-5-11(15(16,17)18)4-10-6-19-7-14(10)12/h4-5,7-8H,3,6H2,1-2H3. The number of fused-ring (bicyclic) bond motifs is 1. The molecule has 21 heavy (non-hydrogen) atoms. The molecule has 0 bridgehead atoms. The molecule has 0 N–H and O–H groups in total. The van der Waals surface area contributed by atoms with E-state index in [0.29, 0.717) is 24.2 Å². The maximum Gasteiger partial charge on any atom is 0.416 e. The monoisotopic (exact) mass is 293 g/mol. The van der Waals surface area contributed by atoms with Gasteiger partial charge in [-0.25, -0.2) is 0 Å². The second-order valence-corrected chi connectivity index (χ2v) is 5.02. The number of benzene rings is 1. The van der Waals surface area contributed by atoms with Crippen LogP contribution in [0, 0.1) is 6.92 Å². The largest absolute Gasteiger partial charge is 0.416 e. The van der Waals surface area contributed by atoms with Gasteiger partial charge in [-0.15, -0.1) is 0 Å². The Hall–Kier alpha value is -2.11. The molecule has 3 rings (SSSR count). The summed E-state index contributed by atoms with van der Waals surface area (Å²) in [6, 6.07) is 2.38. The van der Waals surface area contributed by atoms with Crippen molar-refractivity contribution in [2.24, 2.45) is 4.99 Å². The fourth-order valence-corrected chi connectivity index (χ4v) is 2.65. The van der Waals surface area contributed by atoms with Crippen molar-refractivity contribution in [3.8, 4) is 11.1 Å². The smallest absolute Gasteiger partial charge is 0.288 e. The summed E-state index contributed by atoms with van der Waals surface area (Å²) >= 11 is 0. The van der Waals surface area contributed by atoms with Gasteiger partial charge in [-0.05, 0) is 37.1 Å². The molecule has 6 heteroatoms.